The summed E-state index contributed by atoms with van der Waals surface area (Å²) in [5.41, 5.74) is 10.2. The van der Waals surface area contributed by atoms with E-state index in [1.807, 2.05) is 0 Å². The van der Waals surface area contributed by atoms with Crippen LogP contribution >= 0.6 is 0 Å². The van der Waals surface area contributed by atoms with Crippen LogP contribution in [0.1, 0.15) is 35.6 Å². The van der Waals surface area contributed by atoms with Gasteiger partial charge in [-0.15, -0.1) is 0 Å². The van der Waals surface area contributed by atoms with Crippen LogP contribution in [0.5, 0.6) is 5.75 Å². The average molecular weight is 189 g/mol. The number of hydrogen-bond acceptors (Lipinski definition) is 2. The SMILES string of the molecule is N[C@@H]1CCc2cc3c(cc21)OCCC3. The lowest BCUT2D eigenvalue weighted by atomic mass is 9.99. The van der Waals surface area contributed by atoms with Crippen LogP contribution in [0.4, 0.5) is 0 Å². The van der Waals surface area contributed by atoms with E-state index in [2.05, 4.69) is 12.1 Å². The van der Waals surface area contributed by atoms with Crippen molar-refractivity contribution >= 4 is 0 Å². The zero-order valence-electron chi connectivity index (χ0n) is 8.25. The minimum Gasteiger partial charge on any atom is -0.493 e. The number of ether oxygens (including phenoxy) is 1. The average Bonchev–Trinajstić information content (AvgIpc) is 2.57. The summed E-state index contributed by atoms with van der Waals surface area (Å²) in [6.45, 7) is 0.862. The molecule has 0 bridgehead atoms. The number of nitrogens with two attached hydrogens (primary N) is 1. The Labute approximate surface area is 84.1 Å². The van der Waals surface area contributed by atoms with Crippen molar-refractivity contribution in [2.45, 2.75) is 31.7 Å². The molecule has 3 rings (SSSR count). The maximum atomic E-state index is 6.02. The van der Waals surface area contributed by atoms with E-state index in [4.69, 9.17) is 10.5 Å². The Morgan fingerprint density at radius 2 is 2.14 bits per heavy atom. The fraction of sp³-hybridized carbons (Fsp3) is 0.500. The third-order valence-electron chi connectivity index (χ3n) is 3.29. The van der Waals surface area contributed by atoms with Gasteiger partial charge in [0, 0.05) is 6.04 Å². The van der Waals surface area contributed by atoms with Crippen molar-refractivity contribution in [2.75, 3.05) is 6.61 Å². The highest BCUT2D eigenvalue weighted by Gasteiger charge is 2.22. The van der Waals surface area contributed by atoms with Crippen molar-refractivity contribution in [2.24, 2.45) is 5.73 Å². The van der Waals surface area contributed by atoms with Crippen LogP contribution in [0.2, 0.25) is 0 Å². The molecule has 74 valence electrons. The Hall–Kier alpha value is -1.02. The Kier molecular flexibility index (Phi) is 1.77. The molecule has 1 aromatic rings. The van der Waals surface area contributed by atoms with Crippen LogP contribution in [-0.2, 0) is 12.8 Å². The van der Waals surface area contributed by atoms with Crippen LogP contribution in [0.15, 0.2) is 12.1 Å². The molecule has 0 amide bonds. The summed E-state index contributed by atoms with van der Waals surface area (Å²) in [6, 6.07) is 4.71. The first kappa shape index (κ1) is 8.30. The van der Waals surface area contributed by atoms with Crippen molar-refractivity contribution in [3.8, 4) is 5.75 Å². The van der Waals surface area contributed by atoms with Crippen LogP contribution in [0.25, 0.3) is 0 Å². The molecule has 2 aliphatic rings. The molecule has 1 aliphatic heterocycles. The van der Waals surface area contributed by atoms with Crippen LogP contribution in [-0.4, -0.2) is 6.61 Å². The van der Waals surface area contributed by atoms with Gasteiger partial charge in [0.1, 0.15) is 5.75 Å². The van der Waals surface area contributed by atoms with E-state index in [0.29, 0.717) is 0 Å². The van der Waals surface area contributed by atoms with Crippen molar-refractivity contribution in [3.63, 3.8) is 0 Å². The normalized spacial score (nSPS) is 23.9. The number of rotatable bonds is 0. The molecule has 2 nitrogen and oxygen atoms in total. The highest BCUT2D eigenvalue weighted by Crippen LogP contribution is 2.36. The summed E-state index contributed by atoms with van der Waals surface area (Å²) in [5, 5.41) is 0. The fourth-order valence-corrected chi connectivity index (χ4v) is 2.49. The molecule has 1 aromatic carbocycles. The maximum Gasteiger partial charge on any atom is 0.122 e. The summed E-state index contributed by atoms with van der Waals surface area (Å²) >= 11 is 0. The monoisotopic (exact) mass is 189 g/mol. The predicted molar refractivity (Wildman–Crippen MR) is 55.5 cm³/mol. The molecule has 0 fully saturated rings. The van der Waals surface area contributed by atoms with Gasteiger partial charge in [0.2, 0.25) is 0 Å². The Morgan fingerprint density at radius 3 is 3.07 bits per heavy atom. The highest BCUT2D eigenvalue weighted by atomic mass is 16.5. The quantitative estimate of drug-likeness (QED) is 0.677. The Morgan fingerprint density at radius 1 is 1.21 bits per heavy atom. The van der Waals surface area contributed by atoms with Gasteiger partial charge in [-0.2, -0.15) is 0 Å². The van der Waals surface area contributed by atoms with Crippen LogP contribution in [0, 0.1) is 0 Å². The van der Waals surface area contributed by atoms with Gasteiger partial charge in [-0.25, -0.2) is 0 Å². The molecule has 0 saturated heterocycles. The van der Waals surface area contributed by atoms with Crippen LogP contribution in [0.3, 0.4) is 0 Å². The number of hydrogen-bond donors (Lipinski definition) is 1. The topological polar surface area (TPSA) is 35.2 Å². The molecule has 0 aromatic heterocycles. The minimum atomic E-state index is 0.237. The summed E-state index contributed by atoms with van der Waals surface area (Å²) in [6.07, 6.45) is 4.55. The van der Waals surface area contributed by atoms with E-state index in [0.717, 1.165) is 38.0 Å². The molecule has 0 radical (unpaired) electrons. The molecule has 0 saturated carbocycles. The zero-order chi connectivity index (χ0) is 9.54. The minimum absolute atomic E-state index is 0.237. The van der Waals surface area contributed by atoms with Crippen molar-refractivity contribution in [3.05, 3.63) is 28.8 Å². The molecule has 14 heavy (non-hydrogen) atoms. The second-order valence-corrected chi connectivity index (χ2v) is 4.26. The lowest BCUT2D eigenvalue weighted by molar-refractivity contribution is 0.288. The van der Waals surface area contributed by atoms with E-state index >= 15 is 0 Å². The molecular formula is C12H15NO. The van der Waals surface area contributed by atoms with Gasteiger partial charge < -0.3 is 10.5 Å². The first-order chi connectivity index (χ1) is 6.84. The maximum absolute atomic E-state index is 6.02. The summed E-state index contributed by atoms with van der Waals surface area (Å²) in [5.74, 6) is 1.08. The second-order valence-electron chi connectivity index (χ2n) is 4.26. The largest absolute Gasteiger partial charge is 0.493 e. The van der Waals surface area contributed by atoms with Gasteiger partial charge >= 0.3 is 0 Å². The molecule has 0 unspecified atom stereocenters. The van der Waals surface area contributed by atoms with E-state index in [9.17, 15) is 0 Å². The number of fused-ring (bicyclic) bond motifs is 2. The smallest absolute Gasteiger partial charge is 0.122 e. The van der Waals surface area contributed by atoms with Gasteiger partial charge in [-0.1, -0.05) is 6.07 Å². The van der Waals surface area contributed by atoms with E-state index in [-0.39, 0.29) is 6.04 Å². The predicted octanol–water partition coefficient (Wildman–Crippen LogP) is 1.96. The number of benzene rings is 1. The van der Waals surface area contributed by atoms with E-state index < -0.39 is 0 Å². The van der Waals surface area contributed by atoms with Crippen molar-refractivity contribution in [1.29, 1.82) is 0 Å². The van der Waals surface area contributed by atoms with Gasteiger partial charge in [-0.3, -0.25) is 0 Å². The zero-order valence-corrected chi connectivity index (χ0v) is 8.25. The van der Waals surface area contributed by atoms with Crippen molar-refractivity contribution in [1.82, 2.24) is 0 Å². The molecule has 0 spiro atoms. The number of aryl methyl sites for hydroxylation is 2. The summed E-state index contributed by atoms with van der Waals surface area (Å²) in [4.78, 5) is 0. The molecular weight excluding hydrogens is 174 g/mol. The third kappa shape index (κ3) is 1.14. The molecule has 1 atom stereocenters. The van der Waals surface area contributed by atoms with Gasteiger partial charge in [0.15, 0.2) is 0 Å². The first-order valence-electron chi connectivity index (χ1n) is 5.38. The molecule has 1 aliphatic carbocycles. The van der Waals surface area contributed by atoms with E-state index in [1.165, 1.54) is 16.7 Å². The molecule has 1 heterocycles. The Bertz CT molecular complexity index is 372. The van der Waals surface area contributed by atoms with Crippen LogP contribution < -0.4 is 10.5 Å². The van der Waals surface area contributed by atoms with Crippen molar-refractivity contribution < 1.29 is 4.74 Å². The Balaban J connectivity index is 2.11. The summed E-state index contributed by atoms with van der Waals surface area (Å²) in [7, 11) is 0. The van der Waals surface area contributed by atoms with Gasteiger partial charge in [0.05, 0.1) is 6.61 Å². The molecule has 2 N–H and O–H groups in total. The van der Waals surface area contributed by atoms with Gasteiger partial charge in [-0.05, 0) is 48.4 Å². The standard InChI is InChI=1S/C12H15NO/c13-11-4-3-8-6-9-2-1-5-14-12(9)7-10(8)11/h6-7,11H,1-5,13H2/t11-/m1/s1. The lowest BCUT2D eigenvalue weighted by Crippen LogP contribution is -2.11. The second kappa shape index (κ2) is 2.99. The summed E-state index contributed by atoms with van der Waals surface area (Å²) < 4.78 is 5.64. The first-order valence-corrected chi connectivity index (χ1v) is 5.38. The fourth-order valence-electron chi connectivity index (χ4n) is 2.49. The third-order valence-corrected chi connectivity index (χ3v) is 3.29. The highest BCUT2D eigenvalue weighted by molar-refractivity contribution is 5.47. The van der Waals surface area contributed by atoms with Gasteiger partial charge in [0.25, 0.3) is 0 Å². The molecule has 2 heteroatoms. The van der Waals surface area contributed by atoms with E-state index in [1.54, 1.807) is 0 Å². The lowest BCUT2D eigenvalue weighted by Gasteiger charge is -2.19.